The molecule has 0 amide bonds. The lowest BCUT2D eigenvalue weighted by Gasteiger charge is -2.30. The Bertz CT molecular complexity index is 3340. The van der Waals surface area contributed by atoms with Crippen molar-refractivity contribution in [1.82, 2.24) is 0 Å². The number of fused-ring (bicyclic) bond motifs is 6. The highest BCUT2D eigenvalue weighted by molar-refractivity contribution is 7.26. The summed E-state index contributed by atoms with van der Waals surface area (Å²) in [4.78, 5) is 5.00. The zero-order valence-corrected chi connectivity index (χ0v) is 33.7. The molecule has 0 radical (unpaired) electrons. The van der Waals surface area contributed by atoms with Gasteiger partial charge in [-0.2, -0.15) is 0 Å². The van der Waals surface area contributed by atoms with E-state index in [0.29, 0.717) is 0 Å². The van der Waals surface area contributed by atoms with Crippen LogP contribution in [0.5, 0.6) is 0 Å². The van der Waals surface area contributed by atoms with Gasteiger partial charge in [0.25, 0.3) is 0 Å². The lowest BCUT2D eigenvalue weighted by Crippen LogP contribution is -2.12. The molecule has 0 fully saturated rings. The maximum atomic E-state index is 2.50. The minimum atomic E-state index is 1.16. The molecule has 0 atom stereocenters. The van der Waals surface area contributed by atoms with Gasteiger partial charge in [0.15, 0.2) is 0 Å². The molecule has 12 rings (SSSR count). The monoisotopic (exact) mass is 776 g/mol. The Morgan fingerprint density at radius 2 is 0.741 bits per heavy atom. The van der Waals surface area contributed by atoms with Crippen molar-refractivity contribution in [3.05, 3.63) is 193 Å². The van der Waals surface area contributed by atoms with Crippen LogP contribution in [0.2, 0.25) is 0 Å². The predicted octanol–water partition coefficient (Wildman–Crippen LogP) is 16.9. The number of hydrogen-bond donors (Lipinski definition) is 0. The fraction of sp³-hybridized carbons (Fsp3) is 0.0370. The Balaban J connectivity index is 1.14. The summed E-state index contributed by atoms with van der Waals surface area (Å²) in [7, 11) is 0. The Hall–Kier alpha value is -6.72. The predicted molar refractivity (Wildman–Crippen MR) is 255 cm³/mol. The molecule has 12 aromatic rings. The maximum absolute atomic E-state index is 2.50. The topological polar surface area (TPSA) is 6.48 Å². The van der Waals surface area contributed by atoms with Crippen molar-refractivity contribution >= 4 is 129 Å². The summed E-state index contributed by atoms with van der Waals surface area (Å²) in [5.74, 6) is 0. The maximum Gasteiger partial charge on any atom is 0.0640 e. The zero-order valence-electron chi connectivity index (χ0n) is 32.0. The molecule has 0 bridgehead atoms. The number of aryl methyl sites for hydroxylation is 2. The van der Waals surface area contributed by atoms with E-state index in [9.17, 15) is 0 Å². The third kappa shape index (κ3) is 5.02. The number of anilines is 6. The molecule has 0 saturated heterocycles. The van der Waals surface area contributed by atoms with Crippen LogP contribution in [-0.2, 0) is 0 Å². The first-order chi connectivity index (χ1) is 28.6. The molecule has 2 heterocycles. The highest BCUT2D eigenvalue weighted by Gasteiger charge is 2.24. The van der Waals surface area contributed by atoms with Gasteiger partial charge < -0.3 is 9.80 Å². The summed E-state index contributed by atoms with van der Waals surface area (Å²) in [5.41, 5.74) is 9.52. The van der Waals surface area contributed by atoms with Crippen LogP contribution in [0, 0.1) is 13.8 Å². The van der Waals surface area contributed by atoms with E-state index in [2.05, 4.69) is 206 Å². The second-order valence-corrected chi connectivity index (χ2v) is 17.5. The molecule has 2 aromatic heterocycles. The van der Waals surface area contributed by atoms with Gasteiger partial charge in [0, 0.05) is 53.1 Å². The molecule has 0 saturated carbocycles. The van der Waals surface area contributed by atoms with E-state index in [4.69, 9.17) is 0 Å². The van der Waals surface area contributed by atoms with Crippen molar-refractivity contribution in [2.45, 2.75) is 13.8 Å². The average molecular weight is 777 g/mol. The van der Waals surface area contributed by atoms with E-state index in [1.807, 2.05) is 22.7 Å². The number of nitrogens with zero attached hydrogens (tertiary/aromatic N) is 2. The van der Waals surface area contributed by atoms with E-state index in [1.165, 1.54) is 107 Å². The quantitative estimate of drug-likeness (QED) is 0.155. The minimum absolute atomic E-state index is 1.16. The van der Waals surface area contributed by atoms with Crippen molar-refractivity contribution in [2.24, 2.45) is 0 Å². The molecule has 58 heavy (non-hydrogen) atoms. The van der Waals surface area contributed by atoms with Crippen LogP contribution in [0.1, 0.15) is 11.1 Å². The molecule has 0 aliphatic rings. The molecule has 0 spiro atoms. The van der Waals surface area contributed by atoms with Crippen LogP contribution in [0.4, 0.5) is 34.1 Å². The molecular weight excluding hydrogens is 741 g/mol. The summed E-state index contributed by atoms with van der Waals surface area (Å²) < 4.78 is 5.20. The SMILES string of the molecule is Cc1cccc(N(c2ccc3ccc4c(N(c5cccc(C)c5)c5cccc6c5sc5ccccc56)ccc5ccc2c3c54)c2cccc3c2sc2ccccc23)c1. The Morgan fingerprint density at radius 3 is 1.21 bits per heavy atom. The van der Waals surface area contributed by atoms with Gasteiger partial charge in [-0.05, 0) is 107 Å². The molecule has 0 N–H and O–H groups in total. The van der Waals surface area contributed by atoms with Gasteiger partial charge in [0.05, 0.1) is 32.1 Å². The van der Waals surface area contributed by atoms with Crippen molar-refractivity contribution in [2.75, 3.05) is 9.80 Å². The molecular formula is C54H36N2S2. The van der Waals surface area contributed by atoms with Crippen LogP contribution in [-0.4, -0.2) is 0 Å². The van der Waals surface area contributed by atoms with Crippen LogP contribution in [0.15, 0.2) is 182 Å². The van der Waals surface area contributed by atoms with Crippen LogP contribution < -0.4 is 9.80 Å². The average Bonchev–Trinajstić information content (AvgIpc) is 3.84. The fourth-order valence-electron chi connectivity index (χ4n) is 9.33. The van der Waals surface area contributed by atoms with Gasteiger partial charge in [-0.15, -0.1) is 22.7 Å². The Kier molecular flexibility index (Phi) is 7.44. The summed E-state index contributed by atoms with van der Waals surface area (Å²) >= 11 is 3.76. The van der Waals surface area contributed by atoms with E-state index in [1.54, 1.807) is 0 Å². The largest absolute Gasteiger partial charge is 0.308 e. The molecule has 0 unspecified atom stereocenters. The first-order valence-electron chi connectivity index (χ1n) is 19.8. The van der Waals surface area contributed by atoms with Gasteiger partial charge >= 0.3 is 0 Å². The van der Waals surface area contributed by atoms with Crippen molar-refractivity contribution in [3.63, 3.8) is 0 Å². The third-order valence-electron chi connectivity index (χ3n) is 11.9. The van der Waals surface area contributed by atoms with E-state index >= 15 is 0 Å². The molecule has 0 aliphatic carbocycles. The summed E-state index contributed by atoms with van der Waals surface area (Å²) in [5, 5.41) is 12.7. The van der Waals surface area contributed by atoms with Gasteiger partial charge in [-0.1, -0.05) is 121 Å². The van der Waals surface area contributed by atoms with E-state index < -0.39 is 0 Å². The summed E-state index contributed by atoms with van der Waals surface area (Å²) in [6.07, 6.45) is 0. The first kappa shape index (κ1) is 33.4. The number of hydrogen-bond acceptors (Lipinski definition) is 4. The minimum Gasteiger partial charge on any atom is -0.308 e. The highest BCUT2D eigenvalue weighted by atomic mass is 32.1. The standard InChI is InChI=1S/C54H36N2S2/c1-33-11-7-13-37(31-33)55(47-19-9-17-41-39-15-3-5-21-49(39)57-53(41)47)45-29-25-35-24-28-44-46(30-26-36-23-27-43(45)51(35)52(36)44)56(38-14-8-12-34(2)32-38)48-20-10-18-42-40-16-4-6-22-50(40)58-54(42)48/h3-32H,1-2H3. The van der Waals surface area contributed by atoms with E-state index in [0.717, 1.165) is 11.4 Å². The van der Waals surface area contributed by atoms with Crippen LogP contribution in [0.3, 0.4) is 0 Å². The number of thiophene rings is 2. The number of benzene rings is 10. The van der Waals surface area contributed by atoms with Gasteiger partial charge in [0.2, 0.25) is 0 Å². The summed E-state index contributed by atoms with van der Waals surface area (Å²) in [6.45, 7) is 4.37. The molecule has 0 aliphatic heterocycles. The van der Waals surface area contributed by atoms with E-state index in [-0.39, 0.29) is 0 Å². The summed E-state index contributed by atoms with van der Waals surface area (Å²) in [6, 6.07) is 67.7. The van der Waals surface area contributed by atoms with Crippen molar-refractivity contribution in [3.8, 4) is 0 Å². The normalized spacial score (nSPS) is 12.0. The van der Waals surface area contributed by atoms with Crippen molar-refractivity contribution < 1.29 is 0 Å². The highest BCUT2D eigenvalue weighted by Crippen LogP contribution is 2.51. The number of rotatable bonds is 6. The Morgan fingerprint density at radius 1 is 0.328 bits per heavy atom. The second kappa shape index (κ2) is 12.9. The lowest BCUT2D eigenvalue weighted by atomic mass is 9.91. The zero-order chi connectivity index (χ0) is 38.5. The fourth-order valence-corrected chi connectivity index (χ4v) is 11.7. The van der Waals surface area contributed by atoms with Crippen LogP contribution in [0.25, 0.3) is 72.7 Å². The third-order valence-corrected chi connectivity index (χ3v) is 14.3. The molecule has 274 valence electrons. The smallest absolute Gasteiger partial charge is 0.0640 e. The first-order valence-corrected chi connectivity index (χ1v) is 21.5. The van der Waals surface area contributed by atoms with Gasteiger partial charge in [-0.3, -0.25) is 0 Å². The Labute approximate surface area is 344 Å². The second-order valence-electron chi connectivity index (χ2n) is 15.4. The molecule has 10 aromatic carbocycles. The van der Waals surface area contributed by atoms with Crippen molar-refractivity contribution in [1.29, 1.82) is 0 Å². The van der Waals surface area contributed by atoms with Gasteiger partial charge in [0.1, 0.15) is 0 Å². The molecule has 4 heteroatoms. The van der Waals surface area contributed by atoms with Crippen LogP contribution >= 0.6 is 22.7 Å². The lowest BCUT2D eigenvalue weighted by molar-refractivity contribution is 1.30. The van der Waals surface area contributed by atoms with Gasteiger partial charge in [-0.25, -0.2) is 0 Å². The molecule has 2 nitrogen and oxygen atoms in total.